The van der Waals surface area contributed by atoms with E-state index in [2.05, 4.69) is 15.5 Å². The molecule has 18 heavy (non-hydrogen) atoms. The highest BCUT2D eigenvalue weighted by molar-refractivity contribution is 6.16. The predicted octanol–water partition coefficient (Wildman–Crippen LogP) is 2.47. The minimum atomic E-state index is 0.229. The number of nitrogens with zero attached hydrogens (tertiary/aromatic N) is 2. The number of benzene rings is 1. The van der Waals surface area contributed by atoms with Crippen LogP contribution in [0.25, 0.3) is 0 Å². The van der Waals surface area contributed by atoms with E-state index in [1.54, 1.807) is 7.11 Å². The van der Waals surface area contributed by atoms with Crippen LogP contribution in [0.3, 0.4) is 0 Å². The molecule has 2 rings (SSSR count). The van der Waals surface area contributed by atoms with Gasteiger partial charge in [0.15, 0.2) is 0 Å². The number of methoxy groups -OCH3 is 1. The maximum Gasteiger partial charge on any atom is 0.315 e. The highest BCUT2D eigenvalue weighted by Crippen LogP contribution is 2.12. The summed E-state index contributed by atoms with van der Waals surface area (Å²) in [5.41, 5.74) is 1.21. The number of hydrogen-bond donors (Lipinski definition) is 1. The number of aromatic nitrogens is 2. The Labute approximate surface area is 110 Å². The molecular formula is C12H14ClN3O2. The van der Waals surface area contributed by atoms with Crippen LogP contribution in [-0.4, -0.2) is 23.9 Å². The standard InChI is InChI=1S/C12H14ClN3O2/c1-17-10-4-2-9(3-5-10)6-7-14-12-16-15-11(8-13)18-12/h2-5H,6-8H2,1H3,(H,14,16). The summed E-state index contributed by atoms with van der Waals surface area (Å²) in [5.74, 6) is 1.51. The fourth-order valence-corrected chi connectivity index (χ4v) is 1.59. The normalized spacial score (nSPS) is 10.3. The Morgan fingerprint density at radius 3 is 2.67 bits per heavy atom. The van der Waals surface area contributed by atoms with E-state index in [-0.39, 0.29) is 5.88 Å². The minimum Gasteiger partial charge on any atom is -0.497 e. The summed E-state index contributed by atoms with van der Waals surface area (Å²) in [6.07, 6.45) is 0.864. The lowest BCUT2D eigenvalue weighted by Gasteiger charge is -2.03. The maximum absolute atomic E-state index is 5.56. The van der Waals surface area contributed by atoms with E-state index in [0.717, 1.165) is 18.7 Å². The van der Waals surface area contributed by atoms with Crippen molar-refractivity contribution in [2.45, 2.75) is 12.3 Å². The Bertz CT molecular complexity index is 484. The predicted molar refractivity (Wildman–Crippen MR) is 69.0 cm³/mol. The summed E-state index contributed by atoms with van der Waals surface area (Å²) in [6, 6.07) is 8.33. The van der Waals surface area contributed by atoms with Crippen molar-refractivity contribution < 1.29 is 9.15 Å². The molecule has 2 aromatic rings. The highest BCUT2D eigenvalue weighted by atomic mass is 35.5. The average Bonchev–Trinajstić information content (AvgIpc) is 2.87. The van der Waals surface area contributed by atoms with Crippen LogP contribution in [-0.2, 0) is 12.3 Å². The molecule has 0 saturated carbocycles. The topological polar surface area (TPSA) is 60.2 Å². The van der Waals surface area contributed by atoms with Crippen molar-refractivity contribution in [3.63, 3.8) is 0 Å². The zero-order chi connectivity index (χ0) is 12.8. The van der Waals surface area contributed by atoms with Crippen LogP contribution in [0, 0.1) is 0 Å². The molecule has 96 valence electrons. The summed E-state index contributed by atoms with van der Waals surface area (Å²) < 4.78 is 10.3. The molecule has 6 heteroatoms. The van der Waals surface area contributed by atoms with Gasteiger partial charge in [-0.05, 0) is 24.1 Å². The third-order valence-corrected chi connectivity index (χ3v) is 2.66. The number of ether oxygens (including phenoxy) is 1. The zero-order valence-electron chi connectivity index (χ0n) is 10.0. The third-order valence-electron chi connectivity index (χ3n) is 2.43. The second-order valence-electron chi connectivity index (χ2n) is 3.66. The van der Waals surface area contributed by atoms with Gasteiger partial charge >= 0.3 is 6.01 Å². The molecule has 0 saturated heterocycles. The number of halogens is 1. The van der Waals surface area contributed by atoms with Gasteiger partial charge in [-0.15, -0.1) is 16.7 Å². The molecule has 0 radical (unpaired) electrons. The first kappa shape index (κ1) is 12.7. The molecule has 0 unspecified atom stereocenters. The maximum atomic E-state index is 5.56. The van der Waals surface area contributed by atoms with Crippen molar-refractivity contribution in [2.75, 3.05) is 19.0 Å². The Kier molecular flexibility index (Phi) is 4.41. The average molecular weight is 268 g/mol. The van der Waals surface area contributed by atoms with E-state index < -0.39 is 0 Å². The first-order valence-corrected chi connectivity index (χ1v) is 6.10. The van der Waals surface area contributed by atoms with Gasteiger partial charge in [0.05, 0.1) is 7.11 Å². The molecule has 1 aromatic heterocycles. The van der Waals surface area contributed by atoms with Crippen LogP contribution in [0.5, 0.6) is 5.75 Å². The number of nitrogens with one attached hydrogen (secondary N) is 1. The summed E-state index contributed by atoms with van der Waals surface area (Å²) in [4.78, 5) is 0. The second kappa shape index (κ2) is 6.26. The number of alkyl halides is 1. The molecule has 0 amide bonds. The molecule has 0 fully saturated rings. The summed E-state index contributed by atoms with van der Waals surface area (Å²) >= 11 is 5.56. The zero-order valence-corrected chi connectivity index (χ0v) is 10.8. The monoisotopic (exact) mass is 267 g/mol. The van der Waals surface area contributed by atoms with Gasteiger partial charge < -0.3 is 14.5 Å². The van der Waals surface area contributed by atoms with E-state index in [4.69, 9.17) is 20.8 Å². The Balaban J connectivity index is 1.80. The van der Waals surface area contributed by atoms with Gasteiger partial charge in [0.2, 0.25) is 5.89 Å². The number of rotatable bonds is 6. The summed E-state index contributed by atoms with van der Waals surface area (Å²) in [5, 5.41) is 10.6. The van der Waals surface area contributed by atoms with Gasteiger partial charge in [-0.2, -0.15) is 0 Å². The first-order valence-electron chi connectivity index (χ1n) is 5.57. The molecule has 0 spiro atoms. The Morgan fingerprint density at radius 2 is 2.06 bits per heavy atom. The van der Waals surface area contributed by atoms with Gasteiger partial charge in [-0.25, -0.2) is 0 Å². The smallest absolute Gasteiger partial charge is 0.315 e. The summed E-state index contributed by atoms with van der Waals surface area (Å²) in [6.45, 7) is 0.718. The van der Waals surface area contributed by atoms with Crippen LogP contribution >= 0.6 is 11.6 Å². The SMILES string of the molecule is COc1ccc(CCNc2nnc(CCl)o2)cc1. The fourth-order valence-electron chi connectivity index (χ4n) is 1.49. The van der Waals surface area contributed by atoms with E-state index in [0.29, 0.717) is 11.9 Å². The molecule has 0 atom stereocenters. The van der Waals surface area contributed by atoms with Gasteiger partial charge in [0.25, 0.3) is 0 Å². The highest BCUT2D eigenvalue weighted by Gasteiger charge is 2.03. The van der Waals surface area contributed by atoms with Crippen molar-refractivity contribution in [1.82, 2.24) is 10.2 Å². The van der Waals surface area contributed by atoms with Crippen LogP contribution < -0.4 is 10.1 Å². The van der Waals surface area contributed by atoms with Crippen LogP contribution in [0.1, 0.15) is 11.5 Å². The first-order chi connectivity index (χ1) is 8.81. The van der Waals surface area contributed by atoms with Crippen molar-refractivity contribution >= 4 is 17.6 Å². The lowest BCUT2D eigenvalue weighted by Crippen LogP contribution is -2.05. The van der Waals surface area contributed by atoms with Gasteiger partial charge in [-0.3, -0.25) is 0 Å². The Morgan fingerprint density at radius 1 is 1.28 bits per heavy atom. The largest absolute Gasteiger partial charge is 0.497 e. The molecule has 5 nitrogen and oxygen atoms in total. The van der Waals surface area contributed by atoms with Crippen molar-refractivity contribution in [1.29, 1.82) is 0 Å². The van der Waals surface area contributed by atoms with Gasteiger partial charge in [0, 0.05) is 6.54 Å². The van der Waals surface area contributed by atoms with E-state index in [1.165, 1.54) is 5.56 Å². The Hall–Kier alpha value is -1.75. The lowest BCUT2D eigenvalue weighted by atomic mass is 10.1. The second-order valence-corrected chi connectivity index (χ2v) is 3.93. The van der Waals surface area contributed by atoms with E-state index >= 15 is 0 Å². The molecule has 0 aliphatic heterocycles. The third kappa shape index (κ3) is 3.37. The van der Waals surface area contributed by atoms with Crippen molar-refractivity contribution in [2.24, 2.45) is 0 Å². The minimum absolute atomic E-state index is 0.229. The molecule has 0 bridgehead atoms. The number of anilines is 1. The van der Waals surface area contributed by atoms with Gasteiger partial charge in [-0.1, -0.05) is 17.2 Å². The van der Waals surface area contributed by atoms with E-state index in [9.17, 15) is 0 Å². The fraction of sp³-hybridized carbons (Fsp3) is 0.333. The van der Waals surface area contributed by atoms with Crippen molar-refractivity contribution in [3.05, 3.63) is 35.7 Å². The van der Waals surface area contributed by atoms with E-state index in [1.807, 2.05) is 24.3 Å². The van der Waals surface area contributed by atoms with Crippen molar-refractivity contribution in [3.8, 4) is 5.75 Å². The van der Waals surface area contributed by atoms with Crippen LogP contribution in [0.2, 0.25) is 0 Å². The molecule has 0 aliphatic carbocycles. The number of hydrogen-bond acceptors (Lipinski definition) is 5. The van der Waals surface area contributed by atoms with Gasteiger partial charge in [0.1, 0.15) is 11.6 Å². The quantitative estimate of drug-likeness (QED) is 0.815. The van der Waals surface area contributed by atoms with Crippen LogP contribution in [0.15, 0.2) is 28.7 Å². The molecular weight excluding hydrogens is 254 g/mol. The molecule has 1 heterocycles. The lowest BCUT2D eigenvalue weighted by molar-refractivity contribution is 0.414. The molecule has 1 N–H and O–H groups in total. The molecule has 0 aliphatic rings. The van der Waals surface area contributed by atoms with Crippen LogP contribution in [0.4, 0.5) is 6.01 Å². The summed E-state index contributed by atoms with van der Waals surface area (Å²) in [7, 11) is 1.65. The molecule has 1 aromatic carbocycles.